The van der Waals surface area contributed by atoms with Gasteiger partial charge in [0.05, 0.1) is 8.71 Å². The van der Waals surface area contributed by atoms with Gasteiger partial charge in [-0.2, -0.15) is 0 Å². The van der Waals surface area contributed by atoms with Crippen molar-refractivity contribution in [2.45, 2.75) is 0 Å². The van der Waals surface area contributed by atoms with E-state index in [1.54, 1.807) is 6.08 Å². The number of nitro benzene ring substituents is 1. The summed E-state index contributed by atoms with van der Waals surface area (Å²) in [7, 11) is 0. The van der Waals surface area contributed by atoms with E-state index in [4.69, 9.17) is 16.3 Å². The fourth-order valence-corrected chi connectivity index (χ4v) is 3.41. The van der Waals surface area contributed by atoms with Gasteiger partial charge in [0.1, 0.15) is 5.02 Å². The molecule has 0 amide bonds. The van der Waals surface area contributed by atoms with Crippen LogP contribution in [0.5, 0.6) is 0 Å². The lowest BCUT2D eigenvalue weighted by molar-refractivity contribution is -0.384. The molecule has 3 rings (SSSR count). The Hall–Kier alpha value is -2.03. The molecular formula is C14H6BrClN2O4S. The van der Waals surface area contributed by atoms with Crippen LogP contribution in [-0.2, 0) is 9.53 Å². The molecule has 0 atom stereocenters. The summed E-state index contributed by atoms with van der Waals surface area (Å²) in [5.41, 5.74) is 0.166. The SMILES string of the molecule is O=C1OC(c2ccc(Cl)c([N+](=O)[O-])c2)=N/C1=C\c1ccc(Br)s1. The van der Waals surface area contributed by atoms with Gasteiger partial charge in [-0.3, -0.25) is 10.1 Å². The van der Waals surface area contributed by atoms with Gasteiger partial charge in [-0.1, -0.05) is 11.6 Å². The van der Waals surface area contributed by atoms with Crippen LogP contribution in [-0.4, -0.2) is 16.8 Å². The maximum Gasteiger partial charge on any atom is 0.363 e. The number of ether oxygens (including phenoxy) is 1. The molecule has 9 heteroatoms. The zero-order valence-corrected chi connectivity index (χ0v) is 14.3. The van der Waals surface area contributed by atoms with Crippen LogP contribution in [0, 0.1) is 10.1 Å². The molecule has 0 aliphatic carbocycles. The number of carbonyl (C=O) groups excluding carboxylic acids is 1. The lowest BCUT2D eigenvalue weighted by atomic mass is 10.2. The summed E-state index contributed by atoms with van der Waals surface area (Å²) in [4.78, 5) is 27.1. The number of hydrogen-bond donors (Lipinski definition) is 0. The van der Waals surface area contributed by atoms with Crippen LogP contribution < -0.4 is 0 Å². The summed E-state index contributed by atoms with van der Waals surface area (Å²) in [5.74, 6) is -0.598. The molecule has 0 N–H and O–H groups in total. The summed E-state index contributed by atoms with van der Waals surface area (Å²) in [6.07, 6.45) is 1.59. The Morgan fingerprint density at radius 2 is 2.13 bits per heavy atom. The molecule has 0 radical (unpaired) electrons. The highest BCUT2D eigenvalue weighted by atomic mass is 79.9. The van der Waals surface area contributed by atoms with Crippen molar-refractivity contribution >= 4 is 62.5 Å². The van der Waals surface area contributed by atoms with E-state index in [2.05, 4.69) is 20.9 Å². The number of esters is 1. The predicted molar refractivity (Wildman–Crippen MR) is 90.7 cm³/mol. The fourth-order valence-electron chi connectivity index (χ4n) is 1.86. The van der Waals surface area contributed by atoms with E-state index in [0.29, 0.717) is 5.56 Å². The average Bonchev–Trinajstić information content (AvgIpc) is 3.06. The van der Waals surface area contributed by atoms with Crippen LogP contribution in [0.25, 0.3) is 6.08 Å². The van der Waals surface area contributed by atoms with Gasteiger partial charge in [-0.05, 0) is 46.3 Å². The highest BCUT2D eigenvalue weighted by Gasteiger charge is 2.26. The van der Waals surface area contributed by atoms with Crippen LogP contribution in [0.1, 0.15) is 10.4 Å². The number of nitrogens with zero attached hydrogens (tertiary/aromatic N) is 2. The minimum absolute atomic E-state index is 0.00266. The minimum atomic E-state index is -0.609. The van der Waals surface area contributed by atoms with E-state index in [9.17, 15) is 14.9 Å². The third-order valence-electron chi connectivity index (χ3n) is 2.88. The van der Waals surface area contributed by atoms with E-state index < -0.39 is 10.9 Å². The number of rotatable bonds is 3. The second-order valence-electron chi connectivity index (χ2n) is 4.40. The smallest absolute Gasteiger partial charge is 0.363 e. The van der Waals surface area contributed by atoms with Crippen molar-refractivity contribution in [1.29, 1.82) is 0 Å². The first-order valence-corrected chi connectivity index (χ1v) is 8.15. The molecule has 1 aromatic carbocycles. The summed E-state index contributed by atoms with van der Waals surface area (Å²) in [6, 6.07) is 7.77. The van der Waals surface area contributed by atoms with Crippen molar-refractivity contribution in [2.24, 2.45) is 4.99 Å². The molecule has 2 aromatic rings. The Morgan fingerprint density at radius 3 is 2.78 bits per heavy atom. The molecule has 23 heavy (non-hydrogen) atoms. The molecule has 1 aliphatic heterocycles. The van der Waals surface area contributed by atoms with Crippen LogP contribution in [0.3, 0.4) is 0 Å². The third-order valence-corrected chi connectivity index (χ3v) is 4.77. The summed E-state index contributed by atoms with van der Waals surface area (Å²) < 4.78 is 6.01. The van der Waals surface area contributed by atoms with E-state index in [0.717, 1.165) is 8.66 Å². The zero-order chi connectivity index (χ0) is 16.6. The Labute approximate surface area is 147 Å². The molecule has 116 valence electrons. The fraction of sp³-hybridized carbons (Fsp3) is 0. The van der Waals surface area contributed by atoms with Gasteiger partial charge in [0.15, 0.2) is 5.70 Å². The van der Waals surface area contributed by atoms with Crippen LogP contribution in [0.4, 0.5) is 5.69 Å². The normalized spacial score (nSPS) is 15.7. The van der Waals surface area contributed by atoms with Crippen LogP contribution in [0.15, 0.2) is 44.8 Å². The number of halogens is 2. The van der Waals surface area contributed by atoms with E-state index >= 15 is 0 Å². The zero-order valence-electron chi connectivity index (χ0n) is 11.2. The summed E-state index contributed by atoms with van der Waals surface area (Å²) >= 11 is 10.5. The van der Waals surface area contributed by atoms with Crippen molar-refractivity contribution in [3.8, 4) is 0 Å². The highest BCUT2D eigenvalue weighted by molar-refractivity contribution is 9.11. The molecule has 1 aromatic heterocycles. The largest absolute Gasteiger partial charge is 0.402 e. The molecule has 1 aliphatic rings. The molecule has 0 saturated heterocycles. The molecule has 0 fully saturated rings. The van der Waals surface area contributed by atoms with Gasteiger partial charge in [0.2, 0.25) is 5.90 Å². The molecule has 0 saturated carbocycles. The monoisotopic (exact) mass is 412 g/mol. The number of carbonyl (C=O) groups is 1. The lowest BCUT2D eigenvalue weighted by Gasteiger charge is -2.00. The second kappa shape index (κ2) is 6.23. The van der Waals surface area contributed by atoms with Gasteiger partial charge < -0.3 is 4.74 Å². The first-order valence-electron chi connectivity index (χ1n) is 6.16. The standard InChI is InChI=1S/C14H6BrClN2O4S/c15-12-4-2-8(23-12)6-10-14(19)22-13(17-10)7-1-3-9(16)11(5-7)18(20)21/h1-6H/b10-6-. The Morgan fingerprint density at radius 1 is 1.35 bits per heavy atom. The van der Waals surface area contributed by atoms with Gasteiger partial charge in [-0.25, -0.2) is 9.79 Å². The van der Waals surface area contributed by atoms with Crippen molar-refractivity contribution in [3.05, 3.63) is 65.4 Å². The van der Waals surface area contributed by atoms with Crippen LogP contribution >= 0.6 is 38.9 Å². The van der Waals surface area contributed by atoms with Gasteiger partial charge in [0.25, 0.3) is 5.69 Å². The van der Waals surface area contributed by atoms with E-state index in [1.807, 2.05) is 12.1 Å². The number of aliphatic imine (C=N–C) groups is 1. The third kappa shape index (κ3) is 3.34. The quantitative estimate of drug-likeness (QED) is 0.323. The van der Waals surface area contributed by atoms with Crippen molar-refractivity contribution < 1.29 is 14.5 Å². The maximum atomic E-state index is 11.9. The number of nitro groups is 1. The minimum Gasteiger partial charge on any atom is -0.402 e. The molecule has 2 heterocycles. The predicted octanol–water partition coefficient (Wildman–Crippen LogP) is 4.42. The van der Waals surface area contributed by atoms with Crippen molar-refractivity contribution in [3.63, 3.8) is 0 Å². The molecule has 0 bridgehead atoms. The van der Waals surface area contributed by atoms with Gasteiger partial charge in [0, 0.05) is 16.5 Å². The highest BCUT2D eigenvalue weighted by Crippen LogP contribution is 2.29. The van der Waals surface area contributed by atoms with Crippen molar-refractivity contribution in [2.75, 3.05) is 0 Å². The number of cyclic esters (lactones) is 1. The summed E-state index contributed by atoms with van der Waals surface area (Å²) in [6.45, 7) is 0. The Bertz CT molecular complexity index is 891. The molecular weight excluding hydrogens is 408 g/mol. The van der Waals surface area contributed by atoms with E-state index in [1.165, 1.54) is 29.5 Å². The molecule has 0 spiro atoms. The molecule has 6 nitrogen and oxygen atoms in total. The first kappa shape index (κ1) is 15.9. The number of hydrogen-bond acceptors (Lipinski definition) is 6. The van der Waals surface area contributed by atoms with Gasteiger partial charge >= 0.3 is 5.97 Å². The van der Waals surface area contributed by atoms with Crippen LogP contribution in [0.2, 0.25) is 5.02 Å². The van der Waals surface area contributed by atoms with Gasteiger partial charge in [-0.15, -0.1) is 11.3 Å². The Kier molecular flexibility index (Phi) is 4.29. The number of thiophene rings is 1. The maximum absolute atomic E-state index is 11.9. The van der Waals surface area contributed by atoms with E-state index in [-0.39, 0.29) is 22.3 Å². The molecule has 0 unspecified atom stereocenters. The Balaban J connectivity index is 1.97. The van der Waals surface area contributed by atoms with Crippen molar-refractivity contribution in [1.82, 2.24) is 0 Å². The average molecular weight is 414 g/mol. The second-order valence-corrected chi connectivity index (χ2v) is 7.30. The first-order chi connectivity index (χ1) is 10.9. The topological polar surface area (TPSA) is 81.8 Å². The summed E-state index contributed by atoms with van der Waals surface area (Å²) in [5, 5.41) is 10.9. The number of benzene rings is 1. The lowest BCUT2D eigenvalue weighted by Crippen LogP contribution is -2.06.